The number of aryl methyl sites for hydroxylation is 1. The van der Waals surface area contributed by atoms with E-state index in [-0.39, 0.29) is 5.97 Å². The molecule has 1 aromatic heterocycles. The molecule has 0 bridgehead atoms. The number of thiocarbonyl (C=S) groups is 1. The molecule has 0 radical (unpaired) electrons. The molecule has 0 N–H and O–H groups in total. The number of ether oxygens (including phenoxy) is 1. The molecule has 0 saturated carbocycles. The number of rotatable bonds is 6. The van der Waals surface area contributed by atoms with Crippen LogP contribution in [0.15, 0.2) is 29.5 Å². The molecule has 0 fully saturated rings. The first-order valence-electron chi connectivity index (χ1n) is 5.40. The van der Waals surface area contributed by atoms with E-state index in [1.165, 1.54) is 0 Å². The Morgan fingerprint density at radius 1 is 1.59 bits per heavy atom. The molecule has 1 rings (SSSR count). The van der Waals surface area contributed by atoms with Gasteiger partial charge in [0.15, 0.2) is 6.04 Å². The van der Waals surface area contributed by atoms with Gasteiger partial charge in [-0.1, -0.05) is 0 Å². The van der Waals surface area contributed by atoms with Crippen LogP contribution in [0.4, 0.5) is 0 Å². The third-order valence-corrected chi connectivity index (χ3v) is 2.33. The van der Waals surface area contributed by atoms with Crippen molar-refractivity contribution in [1.29, 1.82) is 0 Å². The van der Waals surface area contributed by atoms with E-state index in [1.54, 1.807) is 19.3 Å². The molecule has 4 nitrogen and oxygen atoms in total. The van der Waals surface area contributed by atoms with Crippen LogP contribution in [0, 0.1) is 0 Å². The SMILES string of the molecule is CCOC(=O)C(CCc1ccncc1)N=C=S. The third kappa shape index (κ3) is 4.85. The van der Waals surface area contributed by atoms with E-state index in [0.717, 1.165) is 12.0 Å². The highest BCUT2D eigenvalue weighted by atomic mass is 32.1. The highest BCUT2D eigenvalue weighted by Crippen LogP contribution is 2.08. The first-order valence-corrected chi connectivity index (χ1v) is 5.81. The molecule has 0 amide bonds. The van der Waals surface area contributed by atoms with Crippen molar-refractivity contribution in [3.63, 3.8) is 0 Å². The monoisotopic (exact) mass is 250 g/mol. The minimum Gasteiger partial charge on any atom is -0.464 e. The van der Waals surface area contributed by atoms with Crippen LogP contribution in [0.25, 0.3) is 0 Å². The van der Waals surface area contributed by atoms with E-state index >= 15 is 0 Å². The van der Waals surface area contributed by atoms with Gasteiger partial charge in [0.25, 0.3) is 0 Å². The number of aromatic nitrogens is 1. The lowest BCUT2D eigenvalue weighted by atomic mass is 10.1. The van der Waals surface area contributed by atoms with Gasteiger partial charge in [0.1, 0.15) is 0 Å². The maximum atomic E-state index is 11.5. The molecule has 0 aliphatic rings. The lowest BCUT2D eigenvalue weighted by Crippen LogP contribution is -2.22. The molecule has 5 heteroatoms. The number of nitrogens with zero attached hydrogens (tertiary/aromatic N) is 2. The van der Waals surface area contributed by atoms with Crippen LogP contribution in [0.3, 0.4) is 0 Å². The third-order valence-electron chi connectivity index (χ3n) is 2.22. The summed E-state index contributed by atoms with van der Waals surface area (Å²) in [6.45, 7) is 2.11. The van der Waals surface area contributed by atoms with Gasteiger partial charge in [0, 0.05) is 12.4 Å². The van der Waals surface area contributed by atoms with Crippen LogP contribution in [0.5, 0.6) is 0 Å². The van der Waals surface area contributed by atoms with Crippen LogP contribution < -0.4 is 0 Å². The molecule has 1 unspecified atom stereocenters. The quantitative estimate of drug-likeness (QED) is 0.440. The molecule has 90 valence electrons. The predicted molar refractivity (Wildman–Crippen MR) is 68.0 cm³/mol. The Hall–Kier alpha value is -1.58. The predicted octanol–water partition coefficient (Wildman–Crippen LogP) is 2.05. The summed E-state index contributed by atoms with van der Waals surface area (Å²) in [5.41, 5.74) is 1.11. The fourth-order valence-electron chi connectivity index (χ4n) is 1.39. The van der Waals surface area contributed by atoms with E-state index in [2.05, 4.69) is 27.4 Å². The fourth-order valence-corrected chi connectivity index (χ4v) is 1.52. The number of hydrogen-bond acceptors (Lipinski definition) is 5. The van der Waals surface area contributed by atoms with Gasteiger partial charge in [-0.3, -0.25) is 4.98 Å². The Morgan fingerprint density at radius 3 is 2.88 bits per heavy atom. The summed E-state index contributed by atoms with van der Waals surface area (Å²) in [5.74, 6) is -0.348. The summed E-state index contributed by atoms with van der Waals surface area (Å²) in [7, 11) is 0. The minimum atomic E-state index is -0.555. The number of pyridine rings is 1. The Balaban J connectivity index is 2.56. The van der Waals surface area contributed by atoms with E-state index in [1.807, 2.05) is 12.1 Å². The number of carbonyl (C=O) groups is 1. The van der Waals surface area contributed by atoms with Crippen LogP contribution in [-0.4, -0.2) is 28.8 Å². The molecule has 1 atom stereocenters. The number of carbonyl (C=O) groups excluding carboxylic acids is 1. The normalized spacial score (nSPS) is 11.4. The van der Waals surface area contributed by atoms with Crippen LogP contribution in [-0.2, 0) is 16.0 Å². The summed E-state index contributed by atoms with van der Waals surface area (Å²) in [6, 6.07) is 3.26. The Labute approximate surface area is 106 Å². The van der Waals surface area contributed by atoms with Crippen molar-refractivity contribution in [2.24, 2.45) is 4.99 Å². The number of isothiocyanates is 1. The molecule has 0 aromatic carbocycles. The molecule has 1 aromatic rings. The zero-order chi connectivity index (χ0) is 12.5. The smallest absolute Gasteiger partial charge is 0.331 e. The average Bonchev–Trinajstić information content (AvgIpc) is 2.36. The van der Waals surface area contributed by atoms with Crippen molar-refractivity contribution in [1.82, 2.24) is 4.98 Å². The van der Waals surface area contributed by atoms with Crippen LogP contribution in [0.1, 0.15) is 18.9 Å². The summed E-state index contributed by atoms with van der Waals surface area (Å²) in [4.78, 5) is 19.3. The molecule has 0 saturated heterocycles. The van der Waals surface area contributed by atoms with Gasteiger partial charge >= 0.3 is 5.97 Å². The standard InChI is InChI=1S/C12H14N2O2S/c1-2-16-12(15)11(14-9-17)4-3-10-5-7-13-8-6-10/h5-8,11H,2-4H2,1H3. The van der Waals surface area contributed by atoms with Gasteiger partial charge in [0.2, 0.25) is 0 Å². The second-order valence-corrected chi connectivity index (χ2v) is 3.56. The highest BCUT2D eigenvalue weighted by Gasteiger charge is 2.17. The highest BCUT2D eigenvalue weighted by molar-refractivity contribution is 7.78. The second-order valence-electron chi connectivity index (χ2n) is 3.38. The van der Waals surface area contributed by atoms with Gasteiger partial charge < -0.3 is 4.74 Å². The second kappa shape index (κ2) is 7.65. The van der Waals surface area contributed by atoms with E-state index in [9.17, 15) is 4.79 Å². The fraction of sp³-hybridized carbons (Fsp3) is 0.417. The molecule has 0 aliphatic heterocycles. The molecule has 0 aliphatic carbocycles. The summed E-state index contributed by atoms with van der Waals surface area (Å²) >= 11 is 4.53. The first kappa shape index (κ1) is 13.5. The van der Waals surface area contributed by atoms with Gasteiger partial charge in [-0.15, -0.1) is 0 Å². The molecule has 1 heterocycles. The number of esters is 1. The van der Waals surface area contributed by atoms with Gasteiger partial charge in [-0.2, -0.15) is 0 Å². The summed E-state index contributed by atoms with van der Waals surface area (Å²) < 4.78 is 4.91. The van der Waals surface area contributed by atoms with Crippen molar-refractivity contribution in [2.45, 2.75) is 25.8 Å². The Bertz CT molecular complexity index is 402. The van der Waals surface area contributed by atoms with Crippen molar-refractivity contribution in [3.05, 3.63) is 30.1 Å². The zero-order valence-corrected chi connectivity index (χ0v) is 10.4. The minimum absolute atomic E-state index is 0.345. The maximum Gasteiger partial charge on any atom is 0.331 e. The van der Waals surface area contributed by atoms with Crippen molar-refractivity contribution < 1.29 is 9.53 Å². The van der Waals surface area contributed by atoms with E-state index in [4.69, 9.17) is 4.74 Å². The van der Waals surface area contributed by atoms with Crippen LogP contribution >= 0.6 is 12.2 Å². The summed E-state index contributed by atoms with van der Waals surface area (Å²) in [6.07, 6.45) is 4.73. The zero-order valence-electron chi connectivity index (χ0n) is 9.63. The molecule has 0 spiro atoms. The van der Waals surface area contributed by atoms with Gasteiger partial charge in [-0.25, -0.2) is 9.79 Å². The Morgan fingerprint density at radius 2 is 2.29 bits per heavy atom. The largest absolute Gasteiger partial charge is 0.464 e. The van der Waals surface area contributed by atoms with Crippen LogP contribution in [0.2, 0.25) is 0 Å². The topological polar surface area (TPSA) is 51.5 Å². The molecular weight excluding hydrogens is 236 g/mol. The molecular formula is C12H14N2O2S. The van der Waals surface area contributed by atoms with Crippen molar-refractivity contribution >= 4 is 23.3 Å². The first-order chi connectivity index (χ1) is 8.27. The lowest BCUT2D eigenvalue weighted by Gasteiger charge is -2.09. The summed E-state index contributed by atoms with van der Waals surface area (Å²) in [5, 5.41) is 2.24. The van der Waals surface area contributed by atoms with Crippen molar-refractivity contribution in [3.8, 4) is 0 Å². The average molecular weight is 250 g/mol. The van der Waals surface area contributed by atoms with E-state index in [0.29, 0.717) is 13.0 Å². The van der Waals surface area contributed by atoms with Gasteiger partial charge in [-0.05, 0) is 49.7 Å². The number of hydrogen-bond donors (Lipinski definition) is 0. The van der Waals surface area contributed by atoms with Gasteiger partial charge in [0.05, 0.1) is 11.8 Å². The van der Waals surface area contributed by atoms with E-state index < -0.39 is 6.04 Å². The lowest BCUT2D eigenvalue weighted by molar-refractivity contribution is -0.144. The van der Waals surface area contributed by atoms with Crippen molar-refractivity contribution in [2.75, 3.05) is 6.61 Å². The number of aliphatic imine (C=N–C) groups is 1. The Kier molecular flexibility index (Phi) is 6.07. The molecule has 17 heavy (non-hydrogen) atoms. The maximum absolute atomic E-state index is 11.5.